The number of hydrogen-bond acceptors (Lipinski definition) is 3. The van der Waals surface area contributed by atoms with E-state index in [0.717, 1.165) is 33.7 Å². The number of anilines is 2. The Morgan fingerprint density at radius 3 is 2.15 bits per heavy atom. The number of aryl methyl sites for hydroxylation is 1. The fourth-order valence-electron chi connectivity index (χ4n) is 2.03. The van der Waals surface area contributed by atoms with Gasteiger partial charge in [-0.1, -0.05) is 6.07 Å². The Morgan fingerprint density at radius 1 is 0.950 bits per heavy atom. The molecule has 0 heterocycles. The van der Waals surface area contributed by atoms with Crippen LogP contribution in [0.5, 0.6) is 5.75 Å². The highest BCUT2D eigenvalue weighted by molar-refractivity contribution is 5.76. The highest BCUT2D eigenvalue weighted by Crippen LogP contribution is 2.34. The molecule has 0 aliphatic carbocycles. The molecule has 0 atom stereocenters. The Morgan fingerprint density at radius 2 is 1.55 bits per heavy atom. The number of benzene rings is 2. The molecular weight excluding hydrogens is 248 g/mol. The molecule has 0 saturated heterocycles. The normalized spacial score (nSPS) is 10.2. The third kappa shape index (κ3) is 3.12. The molecule has 0 aliphatic heterocycles. The van der Waals surface area contributed by atoms with Gasteiger partial charge in [0.15, 0.2) is 0 Å². The van der Waals surface area contributed by atoms with Gasteiger partial charge in [-0.3, -0.25) is 0 Å². The summed E-state index contributed by atoms with van der Waals surface area (Å²) in [7, 11) is 0. The third-order valence-corrected chi connectivity index (χ3v) is 2.97. The number of rotatable bonds is 3. The van der Waals surface area contributed by atoms with Gasteiger partial charge in [0.2, 0.25) is 0 Å². The number of ether oxygens (including phenoxy) is 1. The predicted molar refractivity (Wildman–Crippen MR) is 85.5 cm³/mol. The first-order valence-electron chi connectivity index (χ1n) is 6.53. The summed E-state index contributed by atoms with van der Waals surface area (Å²) in [5.74, 6) is 0.749. The summed E-state index contributed by atoms with van der Waals surface area (Å²) >= 11 is 0. The van der Waals surface area contributed by atoms with Gasteiger partial charge in [-0.2, -0.15) is 0 Å². The Bertz CT molecular complexity index is 656. The van der Waals surface area contributed by atoms with Crippen molar-refractivity contribution in [1.82, 2.24) is 0 Å². The SMILES string of the molecule is CC(C)=COc1cc(N)ccc1-c1ccc(N)cc1C. The summed E-state index contributed by atoms with van der Waals surface area (Å²) in [6, 6.07) is 11.5. The third-order valence-electron chi connectivity index (χ3n) is 2.97. The molecule has 2 aromatic carbocycles. The monoisotopic (exact) mass is 268 g/mol. The molecule has 0 spiro atoms. The van der Waals surface area contributed by atoms with Crippen LogP contribution in [0.2, 0.25) is 0 Å². The maximum Gasteiger partial charge on any atom is 0.136 e. The molecule has 3 heteroatoms. The van der Waals surface area contributed by atoms with E-state index in [1.165, 1.54) is 0 Å². The standard InChI is InChI=1S/C17H20N2O/c1-11(2)10-20-17-9-14(19)5-7-16(17)15-6-4-13(18)8-12(15)3/h4-10H,18-19H2,1-3H3. The van der Waals surface area contributed by atoms with Crippen LogP contribution in [-0.2, 0) is 0 Å². The van der Waals surface area contributed by atoms with E-state index in [-0.39, 0.29) is 0 Å². The van der Waals surface area contributed by atoms with Crippen LogP contribution in [0.3, 0.4) is 0 Å². The Hall–Kier alpha value is -2.42. The van der Waals surface area contributed by atoms with Crippen molar-refractivity contribution in [2.75, 3.05) is 11.5 Å². The number of nitrogens with two attached hydrogens (primary N) is 2. The quantitative estimate of drug-likeness (QED) is 0.650. The Balaban J connectivity index is 2.52. The first-order valence-corrected chi connectivity index (χ1v) is 6.53. The molecule has 0 saturated carbocycles. The number of hydrogen-bond donors (Lipinski definition) is 2. The fraction of sp³-hybridized carbons (Fsp3) is 0.176. The average Bonchev–Trinajstić information content (AvgIpc) is 2.37. The fourth-order valence-corrected chi connectivity index (χ4v) is 2.03. The van der Waals surface area contributed by atoms with E-state index in [0.29, 0.717) is 5.69 Å². The molecule has 2 aromatic rings. The minimum absolute atomic E-state index is 0.680. The molecule has 4 N–H and O–H groups in total. The molecule has 20 heavy (non-hydrogen) atoms. The summed E-state index contributed by atoms with van der Waals surface area (Å²) in [5.41, 5.74) is 17.4. The van der Waals surface area contributed by atoms with Gasteiger partial charge in [-0.25, -0.2) is 0 Å². The summed E-state index contributed by atoms with van der Waals surface area (Å²) in [5, 5.41) is 0. The van der Waals surface area contributed by atoms with Crippen LogP contribution >= 0.6 is 0 Å². The first-order chi connectivity index (χ1) is 9.47. The van der Waals surface area contributed by atoms with Crippen LogP contribution in [0.25, 0.3) is 11.1 Å². The van der Waals surface area contributed by atoms with Crippen molar-refractivity contribution in [2.45, 2.75) is 20.8 Å². The highest BCUT2D eigenvalue weighted by atomic mass is 16.5. The highest BCUT2D eigenvalue weighted by Gasteiger charge is 2.09. The smallest absolute Gasteiger partial charge is 0.136 e. The molecule has 3 nitrogen and oxygen atoms in total. The van der Waals surface area contributed by atoms with Gasteiger partial charge in [0.1, 0.15) is 5.75 Å². The summed E-state index contributed by atoms with van der Waals surface area (Å²) in [4.78, 5) is 0. The minimum Gasteiger partial charge on any atom is -0.464 e. The van der Waals surface area contributed by atoms with Gasteiger partial charge < -0.3 is 16.2 Å². The lowest BCUT2D eigenvalue weighted by molar-refractivity contribution is 0.478. The zero-order valence-electron chi connectivity index (χ0n) is 12.1. The maximum absolute atomic E-state index is 5.85. The average molecular weight is 268 g/mol. The molecule has 0 radical (unpaired) electrons. The molecule has 0 aliphatic rings. The van der Waals surface area contributed by atoms with Crippen molar-refractivity contribution in [3.63, 3.8) is 0 Å². The van der Waals surface area contributed by atoms with Gasteiger partial charge in [0, 0.05) is 23.0 Å². The molecule has 0 amide bonds. The first kappa shape index (κ1) is 14.0. The number of allylic oxidation sites excluding steroid dienone is 1. The van der Waals surface area contributed by atoms with Gasteiger partial charge in [0.25, 0.3) is 0 Å². The van der Waals surface area contributed by atoms with Gasteiger partial charge >= 0.3 is 0 Å². The second-order valence-electron chi connectivity index (χ2n) is 5.14. The van der Waals surface area contributed by atoms with E-state index in [1.807, 2.05) is 57.2 Å². The lowest BCUT2D eigenvalue weighted by Crippen LogP contribution is -1.94. The van der Waals surface area contributed by atoms with Crippen molar-refractivity contribution in [2.24, 2.45) is 0 Å². The van der Waals surface area contributed by atoms with Crippen molar-refractivity contribution >= 4 is 11.4 Å². The van der Waals surface area contributed by atoms with Gasteiger partial charge in [0.05, 0.1) is 6.26 Å². The van der Waals surface area contributed by atoms with Gasteiger partial charge in [-0.15, -0.1) is 0 Å². The van der Waals surface area contributed by atoms with E-state index in [9.17, 15) is 0 Å². The van der Waals surface area contributed by atoms with E-state index in [2.05, 4.69) is 0 Å². The van der Waals surface area contributed by atoms with Crippen LogP contribution in [0.15, 0.2) is 48.2 Å². The molecule has 0 fully saturated rings. The van der Waals surface area contributed by atoms with Crippen LogP contribution in [-0.4, -0.2) is 0 Å². The van der Waals surface area contributed by atoms with Crippen LogP contribution in [0, 0.1) is 6.92 Å². The Kier molecular flexibility index (Phi) is 3.99. The van der Waals surface area contributed by atoms with E-state index >= 15 is 0 Å². The van der Waals surface area contributed by atoms with Crippen molar-refractivity contribution in [3.8, 4) is 16.9 Å². The van der Waals surface area contributed by atoms with Crippen molar-refractivity contribution < 1.29 is 4.74 Å². The second kappa shape index (κ2) is 5.70. The van der Waals surface area contributed by atoms with Crippen LogP contribution < -0.4 is 16.2 Å². The Labute approximate surface area is 119 Å². The molecule has 0 unspecified atom stereocenters. The van der Waals surface area contributed by atoms with E-state index < -0.39 is 0 Å². The zero-order chi connectivity index (χ0) is 14.7. The molecule has 104 valence electrons. The maximum atomic E-state index is 5.85. The minimum atomic E-state index is 0.680. The number of nitrogen functional groups attached to an aromatic ring is 2. The predicted octanol–water partition coefficient (Wildman–Crippen LogP) is 4.13. The molecule has 0 bridgehead atoms. The topological polar surface area (TPSA) is 61.3 Å². The van der Waals surface area contributed by atoms with E-state index in [1.54, 1.807) is 6.26 Å². The summed E-state index contributed by atoms with van der Waals surface area (Å²) in [6.45, 7) is 6.01. The summed E-state index contributed by atoms with van der Waals surface area (Å²) < 4.78 is 5.75. The largest absolute Gasteiger partial charge is 0.464 e. The van der Waals surface area contributed by atoms with Gasteiger partial charge in [-0.05, 0) is 61.7 Å². The zero-order valence-corrected chi connectivity index (χ0v) is 12.1. The van der Waals surface area contributed by atoms with E-state index in [4.69, 9.17) is 16.2 Å². The molecule has 0 aromatic heterocycles. The molecule has 2 rings (SSSR count). The summed E-state index contributed by atoms with van der Waals surface area (Å²) in [6.07, 6.45) is 1.73. The lowest BCUT2D eigenvalue weighted by atomic mass is 9.99. The van der Waals surface area contributed by atoms with Crippen molar-refractivity contribution in [1.29, 1.82) is 0 Å². The van der Waals surface area contributed by atoms with Crippen LogP contribution in [0.4, 0.5) is 11.4 Å². The lowest BCUT2D eigenvalue weighted by Gasteiger charge is -2.13. The van der Waals surface area contributed by atoms with Crippen molar-refractivity contribution in [3.05, 3.63) is 53.8 Å². The molecular formula is C17H20N2O. The van der Waals surface area contributed by atoms with Crippen LogP contribution in [0.1, 0.15) is 19.4 Å². The second-order valence-corrected chi connectivity index (χ2v) is 5.14.